The zero-order valence-electron chi connectivity index (χ0n) is 17.9. The summed E-state index contributed by atoms with van der Waals surface area (Å²) in [6.07, 6.45) is 9.27. The summed E-state index contributed by atoms with van der Waals surface area (Å²) >= 11 is 1.51. The van der Waals surface area contributed by atoms with Gasteiger partial charge in [0.15, 0.2) is 0 Å². The van der Waals surface area contributed by atoms with Gasteiger partial charge in [-0.2, -0.15) is 10.1 Å². The molecule has 0 radical (unpaired) electrons. The standard InChI is InChI=1S/C21H25N7O3S/c1-22-19(29)17-9-13(12-32-17)24-21-25-16-3-6-28(14-10-23-27(2)11-14)18(16)20(26-21)31-15-4-7-30-8-5-15/h3,6,9-11,13,15H,4-5,7-8,12H2,1-2H3,(H,22,29)(H,24,25,26). The number of fused-ring (bicyclic) bond motifs is 1. The molecule has 10 nitrogen and oxygen atoms in total. The second-order valence-electron chi connectivity index (χ2n) is 7.75. The second kappa shape index (κ2) is 8.83. The number of carbonyl (C=O) groups excluding carboxylic acids is 1. The average molecular weight is 456 g/mol. The van der Waals surface area contributed by atoms with Crippen molar-refractivity contribution in [3.63, 3.8) is 0 Å². The summed E-state index contributed by atoms with van der Waals surface area (Å²) < 4.78 is 15.6. The lowest BCUT2D eigenvalue weighted by Crippen LogP contribution is -2.27. The summed E-state index contributed by atoms with van der Waals surface area (Å²) in [7, 11) is 3.52. The molecule has 168 valence electrons. The van der Waals surface area contributed by atoms with Crippen LogP contribution in [0.15, 0.2) is 35.6 Å². The molecule has 1 atom stereocenters. The van der Waals surface area contributed by atoms with E-state index in [2.05, 4.69) is 15.7 Å². The number of anilines is 1. The quantitative estimate of drug-likeness (QED) is 0.580. The summed E-state index contributed by atoms with van der Waals surface area (Å²) in [5.41, 5.74) is 2.49. The summed E-state index contributed by atoms with van der Waals surface area (Å²) in [5.74, 6) is 1.66. The Bertz CT molecular complexity index is 1170. The number of aromatic nitrogens is 5. The first-order valence-electron chi connectivity index (χ1n) is 10.6. The Morgan fingerprint density at radius 3 is 2.91 bits per heavy atom. The summed E-state index contributed by atoms with van der Waals surface area (Å²) in [5, 5.41) is 10.3. The van der Waals surface area contributed by atoms with E-state index in [1.165, 1.54) is 11.8 Å². The SMILES string of the molecule is CNC(=O)C1=CC(Nc2nc(OC3CCOCC3)c3c(ccn3-c3cnn(C)c3)n2)CS1. The van der Waals surface area contributed by atoms with Crippen LogP contribution in [-0.2, 0) is 16.6 Å². The number of carbonyl (C=O) groups is 1. The summed E-state index contributed by atoms with van der Waals surface area (Å²) in [6, 6.07) is 1.91. The van der Waals surface area contributed by atoms with Crippen LogP contribution in [0.25, 0.3) is 16.7 Å². The first-order chi connectivity index (χ1) is 15.6. The highest BCUT2D eigenvalue weighted by molar-refractivity contribution is 8.04. The number of rotatable bonds is 6. The second-order valence-corrected chi connectivity index (χ2v) is 8.81. The van der Waals surface area contributed by atoms with Crippen LogP contribution in [0.5, 0.6) is 5.88 Å². The molecular formula is C21H25N7O3S. The van der Waals surface area contributed by atoms with Crippen LogP contribution in [0.2, 0.25) is 0 Å². The number of hydrogen-bond donors (Lipinski definition) is 2. The van der Waals surface area contributed by atoms with Gasteiger partial charge in [-0.1, -0.05) is 0 Å². The van der Waals surface area contributed by atoms with Gasteiger partial charge in [-0.05, 0) is 12.1 Å². The average Bonchev–Trinajstić information content (AvgIpc) is 3.54. The van der Waals surface area contributed by atoms with Gasteiger partial charge in [0.2, 0.25) is 11.8 Å². The molecule has 0 aliphatic carbocycles. The van der Waals surface area contributed by atoms with E-state index in [-0.39, 0.29) is 18.1 Å². The Morgan fingerprint density at radius 2 is 2.16 bits per heavy atom. The van der Waals surface area contributed by atoms with Gasteiger partial charge in [0.25, 0.3) is 5.91 Å². The predicted molar refractivity (Wildman–Crippen MR) is 122 cm³/mol. The van der Waals surface area contributed by atoms with E-state index in [1.54, 1.807) is 17.9 Å². The maximum Gasteiger partial charge on any atom is 0.257 e. The van der Waals surface area contributed by atoms with E-state index in [9.17, 15) is 4.79 Å². The minimum atomic E-state index is -0.0762. The van der Waals surface area contributed by atoms with Gasteiger partial charge in [-0.25, -0.2) is 4.98 Å². The molecule has 11 heteroatoms. The Hall–Kier alpha value is -3.05. The number of likely N-dealkylation sites (N-methyl/N-ethyl adjacent to an activating group) is 1. The monoisotopic (exact) mass is 455 g/mol. The number of thioether (sulfide) groups is 1. The Kier molecular flexibility index (Phi) is 5.75. The molecule has 1 fully saturated rings. The smallest absolute Gasteiger partial charge is 0.257 e. The van der Waals surface area contributed by atoms with Crippen molar-refractivity contribution in [1.82, 2.24) is 29.6 Å². The van der Waals surface area contributed by atoms with Gasteiger partial charge in [0.1, 0.15) is 11.6 Å². The molecule has 5 heterocycles. The lowest BCUT2D eigenvalue weighted by atomic mass is 10.1. The van der Waals surface area contributed by atoms with Crippen molar-refractivity contribution in [1.29, 1.82) is 0 Å². The predicted octanol–water partition coefficient (Wildman–Crippen LogP) is 1.87. The zero-order valence-corrected chi connectivity index (χ0v) is 18.8. The first-order valence-corrected chi connectivity index (χ1v) is 11.5. The third-order valence-electron chi connectivity index (χ3n) is 5.45. The topological polar surface area (TPSA) is 108 Å². The lowest BCUT2D eigenvalue weighted by Gasteiger charge is -2.23. The van der Waals surface area contributed by atoms with Crippen molar-refractivity contribution in [2.45, 2.75) is 25.0 Å². The van der Waals surface area contributed by atoms with Crippen LogP contribution >= 0.6 is 11.8 Å². The Morgan fingerprint density at radius 1 is 1.31 bits per heavy atom. The lowest BCUT2D eigenvalue weighted by molar-refractivity contribution is -0.116. The Balaban J connectivity index is 1.49. The molecule has 0 saturated carbocycles. The fourth-order valence-electron chi connectivity index (χ4n) is 3.83. The number of ether oxygens (including phenoxy) is 2. The van der Waals surface area contributed by atoms with Crippen molar-refractivity contribution in [2.24, 2.45) is 7.05 Å². The zero-order chi connectivity index (χ0) is 22.1. The highest BCUT2D eigenvalue weighted by Gasteiger charge is 2.24. The van der Waals surface area contributed by atoms with E-state index in [0.717, 1.165) is 35.3 Å². The van der Waals surface area contributed by atoms with Crippen molar-refractivity contribution in [3.05, 3.63) is 35.6 Å². The first kappa shape index (κ1) is 20.8. The van der Waals surface area contributed by atoms with Crippen LogP contribution in [0, 0.1) is 0 Å². The molecule has 2 aliphatic rings. The maximum absolute atomic E-state index is 11.9. The number of nitrogens with zero attached hydrogens (tertiary/aromatic N) is 5. The minimum Gasteiger partial charge on any atom is -0.473 e. The number of amides is 1. The van der Waals surface area contributed by atoms with Gasteiger partial charge in [0, 0.05) is 45.1 Å². The van der Waals surface area contributed by atoms with Crippen LogP contribution in [0.3, 0.4) is 0 Å². The number of aryl methyl sites for hydroxylation is 1. The Labute approximate surface area is 189 Å². The van der Waals surface area contributed by atoms with Gasteiger partial charge in [0.05, 0.1) is 41.6 Å². The van der Waals surface area contributed by atoms with E-state index in [4.69, 9.17) is 19.4 Å². The van der Waals surface area contributed by atoms with E-state index in [1.807, 2.05) is 36.2 Å². The van der Waals surface area contributed by atoms with E-state index in [0.29, 0.717) is 29.9 Å². The molecular weight excluding hydrogens is 430 g/mol. The minimum absolute atomic E-state index is 0.0359. The van der Waals surface area contributed by atoms with Crippen LogP contribution < -0.4 is 15.4 Å². The van der Waals surface area contributed by atoms with Gasteiger partial charge in [-0.3, -0.25) is 9.48 Å². The summed E-state index contributed by atoms with van der Waals surface area (Å²) in [6.45, 7) is 1.36. The van der Waals surface area contributed by atoms with Crippen LogP contribution in [0.4, 0.5) is 5.95 Å². The van der Waals surface area contributed by atoms with Crippen LogP contribution in [0.1, 0.15) is 12.8 Å². The molecule has 1 unspecified atom stereocenters. The third-order valence-corrected chi connectivity index (χ3v) is 6.61. The highest BCUT2D eigenvalue weighted by Crippen LogP contribution is 2.31. The van der Waals surface area contributed by atoms with Crippen molar-refractivity contribution < 1.29 is 14.3 Å². The largest absolute Gasteiger partial charge is 0.473 e. The maximum atomic E-state index is 11.9. The molecule has 1 amide bonds. The molecule has 2 aliphatic heterocycles. The van der Waals surface area contributed by atoms with Crippen molar-refractivity contribution in [3.8, 4) is 11.6 Å². The fraction of sp³-hybridized carbons (Fsp3) is 0.429. The van der Waals surface area contributed by atoms with Crippen LogP contribution in [-0.4, -0.2) is 68.4 Å². The number of hydrogen-bond acceptors (Lipinski definition) is 8. The highest BCUT2D eigenvalue weighted by atomic mass is 32.2. The molecule has 32 heavy (non-hydrogen) atoms. The normalized spacial score (nSPS) is 19.2. The summed E-state index contributed by atoms with van der Waals surface area (Å²) in [4.78, 5) is 22.1. The molecule has 3 aromatic rings. The van der Waals surface area contributed by atoms with Gasteiger partial charge >= 0.3 is 0 Å². The number of nitrogens with one attached hydrogen (secondary N) is 2. The molecule has 0 aromatic carbocycles. The van der Waals surface area contributed by atoms with E-state index < -0.39 is 0 Å². The van der Waals surface area contributed by atoms with Gasteiger partial charge in [-0.15, -0.1) is 11.8 Å². The van der Waals surface area contributed by atoms with Gasteiger partial charge < -0.3 is 24.7 Å². The molecule has 0 bridgehead atoms. The third kappa shape index (κ3) is 4.17. The fourth-order valence-corrected chi connectivity index (χ4v) is 4.86. The molecule has 1 saturated heterocycles. The van der Waals surface area contributed by atoms with Crippen molar-refractivity contribution >= 4 is 34.7 Å². The molecule has 3 aromatic heterocycles. The molecule has 2 N–H and O–H groups in total. The van der Waals surface area contributed by atoms with E-state index >= 15 is 0 Å². The van der Waals surface area contributed by atoms with Crippen molar-refractivity contribution in [2.75, 3.05) is 31.3 Å². The molecule has 0 spiro atoms. The molecule has 5 rings (SSSR count).